The van der Waals surface area contributed by atoms with Crippen LogP contribution in [0.1, 0.15) is 11.1 Å². The van der Waals surface area contributed by atoms with Crippen molar-refractivity contribution in [1.82, 2.24) is 16.0 Å². The summed E-state index contributed by atoms with van der Waals surface area (Å²) in [6.07, 6.45) is -3.62. The molecule has 6 nitrogen and oxygen atoms in total. The van der Waals surface area contributed by atoms with Gasteiger partial charge in [-0.1, -0.05) is 42.5 Å². The molecule has 0 fully saturated rings. The highest BCUT2D eigenvalue weighted by Gasteiger charge is 2.28. The number of aliphatic imine (C=N–C) groups is 1. The molecule has 0 bridgehead atoms. The molecule has 0 saturated carbocycles. The van der Waals surface area contributed by atoms with Crippen LogP contribution < -0.4 is 20.7 Å². The van der Waals surface area contributed by atoms with E-state index in [2.05, 4.69) is 25.7 Å². The third-order valence-corrected chi connectivity index (χ3v) is 4.00. The zero-order valence-electron chi connectivity index (χ0n) is 16.6. The number of ether oxygens (including phenoxy) is 1. The van der Waals surface area contributed by atoms with Crippen molar-refractivity contribution in [3.63, 3.8) is 0 Å². The Bertz CT molecular complexity index is 809. The van der Waals surface area contributed by atoms with E-state index in [1.54, 1.807) is 19.2 Å². The quantitative estimate of drug-likeness (QED) is 0.429. The minimum atomic E-state index is -4.37. The minimum absolute atomic E-state index is 0.0681. The molecule has 0 unspecified atom stereocenters. The van der Waals surface area contributed by atoms with Crippen LogP contribution in [-0.4, -0.2) is 44.8 Å². The third-order valence-electron chi connectivity index (χ3n) is 4.00. The number of rotatable bonds is 9. The second kappa shape index (κ2) is 11.7. The summed E-state index contributed by atoms with van der Waals surface area (Å²) in [5, 5.41) is 8.79. The highest BCUT2D eigenvalue weighted by molar-refractivity contribution is 5.86. The van der Waals surface area contributed by atoms with E-state index in [0.29, 0.717) is 19.0 Å². The van der Waals surface area contributed by atoms with Crippen molar-refractivity contribution in [1.29, 1.82) is 0 Å². The van der Waals surface area contributed by atoms with Crippen LogP contribution in [0.4, 0.5) is 13.2 Å². The summed E-state index contributed by atoms with van der Waals surface area (Å²) in [7, 11) is 1.58. The van der Waals surface area contributed by atoms with Crippen molar-refractivity contribution >= 4 is 11.9 Å². The molecule has 162 valence electrons. The second-order valence-corrected chi connectivity index (χ2v) is 6.41. The Morgan fingerprint density at radius 3 is 2.30 bits per heavy atom. The van der Waals surface area contributed by atoms with Crippen LogP contribution in [0.2, 0.25) is 0 Å². The Kier molecular flexibility index (Phi) is 8.99. The van der Waals surface area contributed by atoms with E-state index in [1.807, 2.05) is 30.3 Å². The van der Waals surface area contributed by atoms with Gasteiger partial charge in [0.25, 0.3) is 0 Å². The fraction of sp³-hybridized carbons (Fsp3) is 0.333. The van der Waals surface area contributed by atoms with Gasteiger partial charge >= 0.3 is 6.18 Å². The highest BCUT2D eigenvalue weighted by Crippen LogP contribution is 2.18. The Balaban J connectivity index is 1.67. The van der Waals surface area contributed by atoms with E-state index in [1.165, 1.54) is 12.1 Å². The van der Waals surface area contributed by atoms with Gasteiger partial charge in [-0.3, -0.25) is 9.79 Å². The smallest absolute Gasteiger partial charge is 0.422 e. The summed E-state index contributed by atoms with van der Waals surface area (Å²) in [4.78, 5) is 16.0. The number of alkyl halides is 3. The average Bonchev–Trinajstić information content (AvgIpc) is 2.73. The molecule has 0 heterocycles. The van der Waals surface area contributed by atoms with Crippen LogP contribution in [0.25, 0.3) is 0 Å². The van der Waals surface area contributed by atoms with Gasteiger partial charge in [0.2, 0.25) is 5.91 Å². The molecule has 1 amide bonds. The van der Waals surface area contributed by atoms with Gasteiger partial charge in [-0.05, 0) is 29.7 Å². The molecule has 9 heteroatoms. The molecule has 2 aromatic rings. The molecule has 2 rings (SSSR count). The molecule has 2 aromatic carbocycles. The van der Waals surface area contributed by atoms with Gasteiger partial charge in [-0.15, -0.1) is 0 Å². The minimum Gasteiger partial charge on any atom is -0.484 e. The summed E-state index contributed by atoms with van der Waals surface area (Å²) in [6, 6.07) is 16.1. The topological polar surface area (TPSA) is 74.8 Å². The molecule has 0 atom stereocenters. The van der Waals surface area contributed by atoms with Crippen molar-refractivity contribution in [2.24, 2.45) is 4.99 Å². The number of guanidine groups is 1. The highest BCUT2D eigenvalue weighted by atomic mass is 19.4. The van der Waals surface area contributed by atoms with Crippen molar-refractivity contribution in [3.05, 3.63) is 65.7 Å². The zero-order chi connectivity index (χ0) is 21.8. The zero-order valence-corrected chi connectivity index (χ0v) is 16.6. The van der Waals surface area contributed by atoms with Crippen molar-refractivity contribution in [2.75, 3.05) is 26.7 Å². The average molecular weight is 422 g/mol. The number of nitrogens with one attached hydrogen (secondary N) is 3. The number of hydrogen-bond donors (Lipinski definition) is 3. The number of carbonyl (C=O) groups excluding carboxylic acids is 1. The fourth-order valence-corrected chi connectivity index (χ4v) is 2.49. The first-order valence-electron chi connectivity index (χ1n) is 9.39. The van der Waals surface area contributed by atoms with Crippen molar-refractivity contribution in [2.45, 2.75) is 19.1 Å². The summed E-state index contributed by atoms with van der Waals surface area (Å²) in [5.41, 5.74) is 1.97. The van der Waals surface area contributed by atoms with Gasteiger partial charge in [0.05, 0.1) is 6.54 Å². The first-order chi connectivity index (χ1) is 14.4. The number of hydrogen-bond acceptors (Lipinski definition) is 3. The van der Waals surface area contributed by atoms with E-state index in [0.717, 1.165) is 17.5 Å². The molecular formula is C21H25F3N4O2. The molecular weight excluding hydrogens is 397 g/mol. The molecule has 30 heavy (non-hydrogen) atoms. The van der Waals surface area contributed by atoms with Gasteiger partial charge < -0.3 is 20.7 Å². The standard InChI is InChI=1S/C21H25F3N4O2/c1-25-20(28-14-19(29)26-12-11-16-5-3-2-4-6-16)27-13-17-7-9-18(10-8-17)30-15-21(22,23)24/h2-10H,11-15H2,1H3,(H,26,29)(H2,25,27,28). The molecule has 0 aromatic heterocycles. The van der Waals surface area contributed by atoms with Crippen LogP contribution in [0.3, 0.4) is 0 Å². The first-order valence-corrected chi connectivity index (χ1v) is 9.39. The summed E-state index contributed by atoms with van der Waals surface area (Å²) >= 11 is 0. The van der Waals surface area contributed by atoms with Crippen molar-refractivity contribution in [3.8, 4) is 5.75 Å². The Hall–Kier alpha value is -3.23. The molecule has 0 saturated heterocycles. The van der Waals surface area contributed by atoms with E-state index >= 15 is 0 Å². The Morgan fingerprint density at radius 1 is 0.967 bits per heavy atom. The van der Waals surface area contributed by atoms with Gasteiger partial charge in [0.1, 0.15) is 5.75 Å². The first kappa shape index (κ1) is 23.1. The van der Waals surface area contributed by atoms with Crippen molar-refractivity contribution < 1.29 is 22.7 Å². The number of halogens is 3. The molecule has 0 aliphatic carbocycles. The van der Waals surface area contributed by atoms with Gasteiger partial charge in [-0.2, -0.15) is 13.2 Å². The predicted molar refractivity (Wildman–Crippen MR) is 109 cm³/mol. The lowest BCUT2D eigenvalue weighted by molar-refractivity contribution is -0.153. The summed E-state index contributed by atoms with van der Waals surface area (Å²) in [6.45, 7) is -0.332. The Labute approximate surface area is 173 Å². The maximum Gasteiger partial charge on any atom is 0.422 e. The van der Waals surface area contributed by atoms with Gasteiger partial charge in [0, 0.05) is 20.1 Å². The number of nitrogens with zero attached hydrogens (tertiary/aromatic N) is 1. The van der Waals surface area contributed by atoms with Crippen LogP contribution >= 0.6 is 0 Å². The largest absolute Gasteiger partial charge is 0.484 e. The molecule has 3 N–H and O–H groups in total. The predicted octanol–water partition coefficient (Wildman–Crippen LogP) is 2.65. The molecule has 0 aliphatic heterocycles. The number of carbonyl (C=O) groups is 1. The second-order valence-electron chi connectivity index (χ2n) is 6.41. The molecule has 0 aliphatic rings. The molecule has 0 radical (unpaired) electrons. The number of benzene rings is 2. The van der Waals surface area contributed by atoms with E-state index < -0.39 is 12.8 Å². The van der Waals surface area contributed by atoms with Crippen LogP contribution in [0.5, 0.6) is 5.75 Å². The number of amides is 1. The maximum absolute atomic E-state index is 12.2. The lowest BCUT2D eigenvalue weighted by atomic mass is 10.1. The molecule has 0 spiro atoms. The van der Waals surface area contributed by atoms with Crippen LogP contribution in [0, 0.1) is 0 Å². The monoisotopic (exact) mass is 422 g/mol. The van der Waals surface area contributed by atoms with E-state index in [9.17, 15) is 18.0 Å². The Morgan fingerprint density at radius 2 is 1.67 bits per heavy atom. The maximum atomic E-state index is 12.2. The van der Waals surface area contributed by atoms with E-state index in [-0.39, 0.29) is 18.2 Å². The summed E-state index contributed by atoms with van der Waals surface area (Å²) in [5.74, 6) is 0.427. The van der Waals surface area contributed by atoms with Gasteiger partial charge in [0.15, 0.2) is 12.6 Å². The van der Waals surface area contributed by atoms with Crippen LogP contribution in [0.15, 0.2) is 59.6 Å². The SMILES string of the molecule is CN=C(NCC(=O)NCCc1ccccc1)NCc1ccc(OCC(F)(F)F)cc1. The van der Waals surface area contributed by atoms with Crippen LogP contribution in [-0.2, 0) is 17.8 Å². The fourth-order valence-electron chi connectivity index (χ4n) is 2.49. The van der Waals surface area contributed by atoms with Gasteiger partial charge in [-0.25, -0.2) is 0 Å². The lowest BCUT2D eigenvalue weighted by Gasteiger charge is -2.13. The van der Waals surface area contributed by atoms with E-state index in [4.69, 9.17) is 0 Å². The normalized spacial score (nSPS) is 11.7. The third kappa shape index (κ3) is 9.31. The lowest BCUT2D eigenvalue weighted by Crippen LogP contribution is -2.43. The summed E-state index contributed by atoms with van der Waals surface area (Å²) < 4.78 is 41.2.